The molecule has 5 rings (SSSR count). The molecule has 0 fully saturated rings. The molecule has 3 aromatic rings. The van der Waals surface area contributed by atoms with Crippen molar-refractivity contribution >= 4 is 40.9 Å². The Labute approximate surface area is 221 Å². The first-order chi connectivity index (χ1) is 18.2. The predicted molar refractivity (Wildman–Crippen MR) is 147 cm³/mol. The summed E-state index contributed by atoms with van der Waals surface area (Å²) in [6.07, 6.45) is 1.74. The van der Waals surface area contributed by atoms with Crippen LogP contribution in [0.3, 0.4) is 0 Å². The van der Waals surface area contributed by atoms with Crippen LogP contribution >= 0.6 is 0 Å². The third kappa shape index (κ3) is 4.63. The van der Waals surface area contributed by atoms with Crippen molar-refractivity contribution in [2.45, 2.75) is 39.7 Å². The Hall–Kier alpha value is -4.52. The summed E-state index contributed by atoms with van der Waals surface area (Å²) < 4.78 is 0. The van der Waals surface area contributed by atoms with Crippen LogP contribution in [0.5, 0.6) is 0 Å². The molecule has 2 amide bonds. The number of aldehydes is 1. The molecular formula is C31H29N3O4. The number of hydrogen-bond acceptors (Lipinski definition) is 5. The van der Waals surface area contributed by atoms with Crippen LogP contribution in [-0.4, -0.2) is 23.9 Å². The molecule has 38 heavy (non-hydrogen) atoms. The molecule has 1 unspecified atom stereocenters. The van der Waals surface area contributed by atoms with Crippen LogP contribution in [0.4, 0.5) is 17.1 Å². The van der Waals surface area contributed by atoms with Crippen molar-refractivity contribution in [2.24, 2.45) is 5.41 Å². The maximum atomic E-state index is 13.6. The molecule has 0 bridgehead atoms. The number of carbonyl (C=O) groups excluding carboxylic acids is 4. The monoisotopic (exact) mass is 507 g/mol. The van der Waals surface area contributed by atoms with E-state index in [2.05, 4.69) is 24.5 Å². The fraction of sp³-hybridized carbons (Fsp3) is 0.226. The van der Waals surface area contributed by atoms with Crippen LogP contribution in [0.1, 0.15) is 65.9 Å². The summed E-state index contributed by atoms with van der Waals surface area (Å²) in [5.74, 6) is -0.555. The summed E-state index contributed by atoms with van der Waals surface area (Å²) in [7, 11) is 0. The zero-order valence-electron chi connectivity index (χ0n) is 21.6. The lowest BCUT2D eigenvalue weighted by Crippen LogP contribution is -2.38. The van der Waals surface area contributed by atoms with Crippen molar-refractivity contribution < 1.29 is 19.2 Å². The van der Waals surface area contributed by atoms with Gasteiger partial charge in [0.25, 0.3) is 5.91 Å². The van der Waals surface area contributed by atoms with Gasteiger partial charge < -0.3 is 10.6 Å². The lowest BCUT2D eigenvalue weighted by Gasteiger charge is -2.36. The van der Waals surface area contributed by atoms with Crippen LogP contribution in [0, 0.1) is 5.41 Å². The minimum atomic E-state index is -0.643. The Morgan fingerprint density at radius 3 is 2.37 bits per heavy atom. The molecule has 7 nitrogen and oxygen atoms in total. The number of ketones is 1. The minimum Gasteiger partial charge on any atom is -0.357 e. The molecule has 7 heteroatoms. The van der Waals surface area contributed by atoms with Crippen molar-refractivity contribution in [3.8, 4) is 0 Å². The highest BCUT2D eigenvalue weighted by molar-refractivity contribution is 6.07. The SMILES string of the molecule is CC(=O)N1c2ccccc2NC2=C(C(=O)CC(C)(C)C2)C1c1ccc(C(=O)Nc2ccccc2C=O)cc1. The zero-order chi connectivity index (χ0) is 27.0. The average Bonchev–Trinajstić information content (AvgIpc) is 3.02. The van der Waals surface area contributed by atoms with E-state index < -0.39 is 6.04 Å². The number of fused-ring (bicyclic) bond motifs is 1. The zero-order valence-corrected chi connectivity index (χ0v) is 21.6. The first-order valence-electron chi connectivity index (χ1n) is 12.6. The molecular weight excluding hydrogens is 478 g/mol. The summed E-state index contributed by atoms with van der Waals surface area (Å²) in [5.41, 5.74) is 4.57. The van der Waals surface area contributed by atoms with Gasteiger partial charge >= 0.3 is 0 Å². The van der Waals surface area contributed by atoms with Crippen molar-refractivity contribution in [1.82, 2.24) is 0 Å². The van der Waals surface area contributed by atoms with Crippen LogP contribution in [-0.2, 0) is 9.59 Å². The summed E-state index contributed by atoms with van der Waals surface area (Å²) in [6.45, 7) is 5.64. The molecule has 1 atom stereocenters. The van der Waals surface area contributed by atoms with E-state index in [1.807, 2.05) is 24.3 Å². The number of para-hydroxylation sites is 3. The summed E-state index contributed by atoms with van der Waals surface area (Å²) >= 11 is 0. The number of hydrogen-bond donors (Lipinski definition) is 2. The fourth-order valence-corrected chi connectivity index (χ4v) is 5.38. The molecule has 0 aromatic heterocycles. The second-order valence-corrected chi connectivity index (χ2v) is 10.5. The second-order valence-electron chi connectivity index (χ2n) is 10.5. The number of amides is 2. The maximum Gasteiger partial charge on any atom is 0.255 e. The van der Waals surface area contributed by atoms with E-state index in [1.54, 1.807) is 53.4 Å². The molecule has 1 aliphatic carbocycles. The number of rotatable bonds is 4. The average molecular weight is 508 g/mol. The highest BCUT2D eigenvalue weighted by Crippen LogP contribution is 2.48. The number of nitrogens with zero attached hydrogens (tertiary/aromatic N) is 1. The summed E-state index contributed by atoms with van der Waals surface area (Å²) in [5, 5.41) is 6.25. The maximum absolute atomic E-state index is 13.6. The third-order valence-corrected chi connectivity index (χ3v) is 7.06. The second kappa shape index (κ2) is 9.74. The molecule has 1 aliphatic heterocycles. The molecule has 2 N–H and O–H groups in total. The number of nitrogens with one attached hydrogen (secondary N) is 2. The van der Waals surface area contributed by atoms with E-state index in [0.717, 1.165) is 16.9 Å². The van der Waals surface area contributed by atoms with Gasteiger partial charge in [-0.3, -0.25) is 24.1 Å². The molecule has 1 heterocycles. The topological polar surface area (TPSA) is 95.6 Å². The smallest absolute Gasteiger partial charge is 0.255 e. The van der Waals surface area contributed by atoms with Gasteiger partial charge in [0.05, 0.1) is 23.1 Å². The minimum absolute atomic E-state index is 0.0000886. The number of Topliss-reactive ketones (excluding diaryl/α,β-unsaturated/α-hetero) is 1. The number of benzene rings is 3. The van der Waals surface area contributed by atoms with E-state index >= 15 is 0 Å². The quantitative estimate of drug-likeness (QED) is 0.428. The van der Waals surface area contributed by atoms with Crippen LogP contribution in [0.15, 0.2) is 84.1 Å². The Kier molecular flexibility index (Phi) is 6.45. The van der Waals surface area contributed by atoms with Gasteiger partial charge in [-0.1, -0.05) is 50.2 Å². The molecule has 2 aliphatic rings. The van der Waals surface area contributed by atoms with E-state index in [-0.39, 0.29) is 23.0 Å². The van der Waals surface area contributed by atoms with Gasteiger partial charge in [-0.25, -0.2) is 0 Å². The van der Waals surface area contributed by atoms with Crippen LogP contribution in [0.25, 0.3) is 0 Å². The Morgan fingerprint density at radius 2 is 1.66 bits per heavy atom. The molecule has 192 valence electrons. The van der Waals surface area contributed by atoms with Crippen molar-refractivity contribution in [3.05, 3.63) is 101 Å². The first kappa shape index (κ1) is 25.1. The number of carbonyl (C=O) groups is 4. The number of anilines is 3. The predicted octanol–water partition coefficient (Wildman–Crippen LogP) is 5.91. The van der Waals surface area contributed by atoms with Gasteiger partial charge in [0.15, 0.2) is 12.1 Å². The normalized spacial score (nSPS) is 18.0. The van der Waals surface area contributed by atoms with Gasteiger partial charge in [-0.05, 0) is 53.8 Å². The van der Waals surface area contributed by atoms with Gasteiger partial charge in [-0.2, -0.15) is 0 Å². The largest absolute Gasteiger partial charge is 0.357 e. The molecule has 0 saturated heterocycles. The van der Waals surface area contributed by atoms with Gasteiger partial charge in [0, 0.05) is 35.7 Å². The third-order valence-electron chi connectivity index (χ3n) is 7.06. The molecule has 0 spiro atoms. The van der Waals surface area contributed by atoms with Crippen molar-refractivity contribution in [2.75, 3.05) is 15.5 Å². The van der Waals surface area contributed by atoms with Gasteiger partial charge in [-0.15, -0.1) is 0 Å². The van der Waals surface area contributed by atoms with Crippen LogP contribution in [0.2, 0.25) is 0 Å². The van der Waals surface area contributed by atoms with Gasteiger partial charge in [0.1, 0.15) is 0 Å². The molecule has 0 saturated carbocycles. The van der Waals surface area contributed by atoms with Crippen molar-refractivity contribution in [3.63, 3.8) is 0 Å². The van der Waals surface area contributed by atoms with Crippen LogP contribution < -0.4 is 15.5 Å². The lowest BCUT2D eigenvalue weighted by molar-refractivity contribution is -0.118. The summed E-state index contributed by atoms with van der Waals surface area (Å²) in [4.78, 5) is 52.7. The fourth-order valence-electron chi connectivity index (χ4n) is 5.38. The Balaban J connectivity index is 1.57. The van der Waals surface area contributed by atoms with E-state index in [0.29, 0.717) is 47.2 Å². The highest BCUT2D eigenvalue weighted by atomic mass is 16.2. The van der Waals surface area contributed by atoms with E-state index in [1.165, 1.54) is 6.92 Å². The molecule has 0 radical (unpaired) electrons. The molecule has 3 aromatic carbocycles. The Morgan fingerprint density at radius 1 is 0.974 bits per heavy atom. The highest BCUT2D eigenvalue weighted by Gasteiger charge is 2.42. The van der Waals surface area contributed by atoms with E-state index in [4.69, 9.17) is 0 Å². The lowest BCUT2D eigenvalue weighted by atomic mass is 9.73. The first-order valence-corrected chi connectivity index (χ1v) is 12.6. The summed E-state index contributed by atoms with van der Waals surface area (Å²) in [6, 6.07) is 20.6. The Bertz CT molecular complexity index is 1490. The van der Waals surface area contributed by atoms with Crippen molar-refractivity contribution in [1.29, 1.82) is 0 Å². The van der Waals surface area contributed by atoms with E-state index in [9.17, 15) is 19.2 Å². The van der Waals surface area contributed by atoms with Gasteiger partial charge in [0.2, 0.25) is 5.91 Å². The number of allylic oxidation sites excluding steroid dienone is 1. The standard InChI is InChI=1S/C31H29N3O4/c1-19(36)34-26-11-7-6-10-24(26)32-25-16-31(2,3)17-27(37)28(25)29(34)20-12-14-21(15-13-20)30(38)33-23-9-5-4-8-22(23)18-35/h4-15,18,29,32H,16-17H2,1-3H3,(H,33,38).